The molecule has 0 amide bonds. The zero-order valence-corrected chi connectivity index (χ0v) is 21.6. The van der Waals surface area contributed by atoms with E-state index in [-0.39, 0.29) is 17.6 Å². The van der Waals surface area contributed by atoms with Gasteiger partial charge in [-0.1, -0.05) is 114 Å². The third-order valence-electron chi connectivity index (χ3n) is 7.50. The molecule has 0 radical (unpaired) electrons. The summed E-state index contributed by atoms with van der Waals surface area (Å²) in [6, 6.07) is 0. The van der Waals surface area contributed by atoms with Gasteiger partial charge < -0.3 is 9.53 Å². The van der Waals surface area contributed by atoms with E-state index in [4.69, 9.17) is 4.74 Å². The number of ether oxygens (including phenoxy) is 1. The third-order valence-corrected chi connectivity index (χ3v) is 7.50. The molecule has 0 saturated heterocycles. The molecule has 0 N–H and O–H groups in total. The summed E-state index contributed by atoms with van der Waals surface area (Å²) in [5, 5.41) is 0. The number of hydrogen-bond acceptors (Lipinski definition) is 2. The molecular weight excluding hydrogens is 464 g/mol. The maximum Gasteiger partial charge on any atom is 0.145 e. The van der Waals surface area contributed by atoms with E-state index >= 15 is 0 Å². The molecule has 0 aromatic rings. The summed E-state index contributed by atoms with van der Waals surface area (Å²) >= 11 is 0. The minimum Gasteiger partial charge on any atom is -0.501 e. The molecule has 0 aromatic carbocycles. The van der Waals surface area contributed by atoms with Crippen LogP contribution in [-0.2, 0) is 9.53 Å². The van der Waals surface area contributed by atoms with Gasteiger partial charge in [0, 0.05) is 17.6 Å². The van der Waals surface area contributed by atoms with E-state index in [1.807, 2.05) is 54.7 Å². The standard InChI is InChI=1S/C36H29O2/c1-24(23-26-11-3-4-12-26)25(2)36(29-15-5-6-16-29)38-33-22-20-28-14-8-10-18-31(28)35(33)34-30-17-9-7-13-27(30)19-21-32(34)37/h3-23,27-28H,1-2H3/q-1/b25-24-. The van der Waals surface area contributed by atoms with Crippen LogP contribution >= 0.6 is 0 Å². The Hall–Kier alpha value is -4.56. The first-order valence-corrected chi connectivity index (χ1v) is 13.1. The van der Waals surface area contributed by atoms with Crippen molar-refractivity contribution >= 4 is 5.78 Å². The number of ketones is 1. The normalized spacial score (nSPS) is 24.7. The van der Waals surface area contributed by atoms with Crippen molar-refractivity contribution in [1.82, 2.24) is 0 Å². The first kappa shape index (κ1) is 23.8. The minimum absolute atomic E-state index is 0.0136. The molecule has 6 rings (SSSR count). The van der Waals surface area contributed by atoms with Crippen molar-refractivity contribution in [3.05, 3.63) is 184 Å². The second kappa shape index (κ2) is 10.1. The average Bonchev–Trinajstić information content (AvgIpc) is 3.66. The Morgan fingerprint density at radius 3 is 2.11 bits per heavy atom. The Morgan fingerprint density at radius 1 is 0.737 bits per heavy atom. The maximum absolute atomic E-state index is 13.5. The molecule has 0 spiro atoms. The lowest BCUT2D eigenvalue weighted by Gasteiger charge is -2.39. The summed E-state index contributed by atoms with van der Waals surface area (Å²) in [6.45, 7) is 4.22. The predicted octanol–water partition coefficient (Wildman–Crippen LogP) is 8.09. The molecule has 38 heavy (non-hydrogen) atoms. The molecule has 6 aliphatic rings. The van der Waals surface area contributed by atoms with Crippen LogP contribution in [0.4, 0.5) is 0 Å². The Kier molecular flexibility index (Phi) is 6.31. The SMILES string of the molecule is C/C(C=C1C=CC=C1)=C(\C)C(O[C-]1C=CC2C=CC=CC2=C1C1=C2C=CC=CC2C=CC1=O)=C1C=CC=C1. The average molecular weight is 494 g/mol. The highest BCUT2D eigenvalue weighted by molar-refractivity contribution is 6.10. The van der Waals surface area contributed by atoms with Gasteiger partial charge in [-0.25, -0.2) is 0 Å². The molecule has 0 bridgehead atoms. The highest BCUT2D eigenvalue weighted by atomic mass is 16.5. The van der Waals surface area contributed by atoms with Crippen molar-refractivity contribution in [3.8, 4) is 0 Å². The molecule has 2 unspecified atom stereocenters. The van der Waals surface area contributed by atoms with E-state index in [0.29, 0.717) is 6.10 Å². The van der Waals surface area contributed by atoms with Gasteiger partial charge in [0.2, 0.25) is 0 Å². The van der Waals surface area contributed by atoms with Gasteiger partial charge in [-0.05, 0) is 48.1 Å². The predicted molar refractivity (Wildman–Crippen MR) is 155 cm³/mol. The quantitative estimate of drug-likeness (QED) is 0.286. The number of allylic oxidation sites excluding steroid dienone is 26. The van der Waals surface area contributed by atoms with Crippen LogP contribution in [0, 0.1) is 17.9 Å². The van der Waals surface area contributed by atoms with Gasteiger partial charge in [0.05, 0.1) is 0 Å². The van der Waals surface area contributed by atoms with Crippen molar-refractivity contribution in [1.29, 1.82) is 0 Å². The van der Waals surface area contributed by atoms with Crippen LogP contribution in [0.15, 0.2) is 178 Å². The topological polar surface area (TPSA) is 26.3 Å². The fraction of sp³-hybridized carbons (Fsp3) is 0.111. The van der Waals surface area contributed by atoms with Gasteiger partial charge in [0.15, 0.2) is 0 Å². The van der Waals surface area contributed by atoms with E-state index in [0.717, 1.165) is 50.3 Å². The second-order valence-electron chi connectivity index (χ2n) is 9.92. The largest absolute Gasteiger partial charge is 0.501 e. The van der Waals surface area contributed by atoms with Crippen LogP contribution < -0.4 is 0 Å². The maximum atomic E-state index is 13.5. The summed E-state index contributed by atoms with van der Waals surface area (Å²) in [5.41, 5.74) is 8.05. The molecule has 186 valence electrons. The summed E-state index contributed by atoms with van der Waals surface area (Å²) in [4.78, 5) is 13.5. The molecule has 0 heterocycles. The molecule has 6 aliphatic carbocycles. The third kappa shape index (κ3) is 4.39. The van der Waals surface area contributed by atoms with Crippen molar-refractivity contribution in [2.24, 2.45) is 11.8 Å². The summed E-state index contributed by atoms with van der Waals surface area (Å²) in [6.07, 6.45) is 43.9. The summed E-state index contributed by atoms with van der Waals surface area (Å²) in [7, 11) is 0. The monoisotopic (exact) mass is 493 g/mol. The van der Waals surface area contributed by atoms with Gasteiger partial charge in [-0.2, -0.15) is 0 Å². The Labute approximate surface area is 224 Å². The van der Waals surface area contributed by atoms with Crippen LogP contribution in [0.3, 0.4) is 0 Å². The van der Waals surface area contributed by atoms with Crippen molar-refractivity contribution in [2.45, 2.75) is 13.8 Å². The smallest absolute Gasteiger partial charge is 0.145 e. The fourth-order valence-corrected chi connectivity index (χ4v) is 5.41. The number of rotatable bonds is 5. The Bertz CT molecular complexity index is 1530. The molecule has 0 saturated carbocycles. The number of hydrogen-bond donors (Lipinski definition) is 0. The van der Waals surface area contributed by atoms with Crippen LogP contribution in [0.1, 0.15) is 13.8 Å². The fourth-order valence-electron chi connectivity index (χ4n) is 5.41. The molecule has 0 aliphatic heterocycles. The van der Waals surface area contributed by atoms with Gasteiger partial charge in [0.25, 0.3) is 0 Å². The van der Waals surface area contributed by atoms with E-state index < -0.39 is 0 Å². The lowest BCUT2D eigenvalue weighted by Crippen LogP contribution is -2.24. The second-order valence-corrected chi connectivity index (χ2v) is 9.92. The lowest BCUT2D eigenvalue weighted by molar-refractivity contribution is -0.111. The van der Waals surface area contributed by atoms with Crippen molar-refractivity contribution in [2.75, 3.05) is 0 Å². The zero-order chi connectivity index (χ0) is 26.1. The van der Waals surface area contributed by atoms with Gasteiger partial charge in [-0.15, -0.1) is 23.8 Å². The molecule has 2 heteroatoms. The highest BCUT2D eigenvalue weighted by Crippen LogP contribution is 2.45. The zero-order valence-electron chi connectivity index (χ0n) is 21.6. The number of fused-ring (bicyclic) bond motifs is 2. The van der Waals surface area contributed by atoms with Crippen LogP contribution in [-0.4, -0.2) is 5.78 Å². The molecule has 0 aromatic heterocycles. The Balaban J connectivity index is 1.48. The van der Waals surface area contributed by atoms with Gasteiger partial charge in [0.1, 0.15) is 11.5 Å². The van der Waals surface area contributed by atoms with Crippen LogP contribution in [0.2, 0.25) is 0 Å². The lowest BCUT2D eigenvalue weighted by atomic mass is 9.74. The van der Waals surface area contributed by atoms with E-state index in [9.17, 15) is 4.79 Å². The van der Waals surface area contributed by atoms with Crippen LogP contribution in [0.5, 0.6) is 0 Å². The van der Waals surface area contributed by atoms with E-state index in [2.05, 4.69) is 80.7 Å². The van der Waals surface area contributed by atoms with Crippen molar-refractivity contribution < 1.29 is 9.53 Å². The Morgan fingerprint density at radius 2 is 1.37 bits per heavy atom. The molecular formula is C36H29O2-. The number of carbonyl (C=O) groups is 1. The highest BCUT2D eigenvalue weighted by Gasteiger charge is 2.29. The first-order valence-electron chi connectivity index (χ1n) is 13.1. The minimum atomic E-state index is 0.0136. The number of carbonyl (C=O) groups excluding carboxylic acids is 1. The van der Waals surface area contributed by atoms with Gasteiger partial charge in [-0.3, -0.25) is 0 Å². The van der Waals surface area contributed by atoms with Crippen molar-refractivity contribution in [3.63, 3.8) is 0 Å². The van der Waals surface area contributed by atoms with Crippen LogP contribution in [0.25, 0.3) is 0 Å². The summed E-state index contributed by atoms with van der Waals surface area (Å²) in [5.74, 6) is 0.986. The molecule has 0 fully saturated rings. The van der Waals surface area contributed by atoms with E-state index in [1.54, 1.807) is 6.08 Å². The van der Waals surface area contributed by atoms with E-state index in [1.165, 1.54) is 0 Å². The molecule has 2 nitrogen and oxygen atoms in total. The molecule has 2 atom stereocenters. The first-order chi connectivity index (χ1) is 18.6. The van der Waals surface area contributed by atoms with Gasteiger partial charge >= 0.3 is 0 Å². The summed E-state index contributed by atoms with van der Waals surface area (Å²) < 4.78 is 6.88.